The van der Waals surface area contributed by atoms with Crippen LogP contribution in [-0.2, 0) is 14.3 Å². The van der Waals surface area contributed by atoms with Crippen molar-refractivity contribution >= 4 is 18.3 Å². The van der Waals surface area contributed by atoms with Crippen molar-refractivity contribution in [1.82, 2.24) is 15.1 Å². The minimum Gasteiger partial charge on any atom is -0.444 e. The van der Waals surface area contributed by atoms with E-state index in [1.165, 1.54) is 0 Å². The molecule has 0 aromatic rings. The third-order valence-electron chi connectivity index (χ3n) is 5.99. The second-order valence-corrected chi connectivity index (χ2v) is 11.0. The van der Waals surface area contributed by atoms with Crippen molar-refractivity contribution in [2.45, 2.75) is 122 Å². The lowest BCUT2D eigenvalue weighted by atomic mass is 9.83. The predicted octanol–water partition coefficient (Wildman–Crippen LogP) is 2.72. The Hall–Kier alpha value is -1.67. The lowest BCUT2D eigenvalue weighted by Gasteiger charge is -2.49. The Morgan fingerprint density at radius 2 is 1.81 bits per heavy atom. The number of nitrogens with zero attached hydrogens (tertiary/aromatic N) is 2. The Kier molecular flexibility index (Phi) is 8.70. The monoisotopic (exact) mass is 441 g/mol. The van der Waals surface area contributed by atoms with Gasteiger partial charge in [0.1, 0.15) is 17.9 Å². The summed E-state index contributed by atoms with van der Waals surface area (Å²) in [6.07, 6.45) is 0.857. The van der Waals surface area contributed by atoms with Crippen LogP contribution in [0.1, 0.15) is 81.6 Å². The second-order valence-electron chi connectivity index (χ2n) is 11.0. The number of likely N-dealkylation sites (N-methyl/N-ethyl adjacent to an activating group) is 1. The maximum absolute atomic E-state index is 13.2. The van der Waals surface area contributed by atoms with Gasteiger partial charge in [-0.25, -0.2) is 4.79 Å². The van der Waals surface area contributed by atoms with Crippen molar-refractivity contribution in [3.05, 3.63) is 0 Å². The van der Waals surface area contributed by atoms with E-state index in [2.05, 4.69) is 5.32 Å². The lowest BCUT2D eigenvalue weighted by molar-refractivity contribution is -0.134. The number of carbonyl (C=O) groups excluding carboxylic acids is 3. The van der Waals surface area contributed by atoms with Crippen molar-refractivity contribution in [2.24, 2.45) is 0 Å². The quantitative estimate of drug-likeness (QED) is 0.590. The number of ether oxygens (including phenoxy) is 1. The van der Waals surface area contributed by atoms with Crippen LogP contribution in [0.15, 0.2) is 0 Å². The summed E-state index contributed by atoms with van der Waals surface area (Å²) < 4.78 is 5.67. The first-order valence-electron chi connectivity index (χ1n) is 11.1. The molecule has 0 saturated carbocycles. The molecule has 5 unspecified atom stereocenters. The van der Waals surface area contributed by atoms with Gasteiger partial charge in [-0.1, -0.05) is 0 Å². The SMILES string of the molecule is CC(O)C(C(=O)NC(C)(C)C)N(C)C(C)C1(CC=O)CCC(C)N1C(=O)OC(C)(C)C. The molecule has 0 aliphatic carbocycles. The molecule has 5 atom stereocenters. The van der Waals surface area contributed by atoms with Crippen LogP contribution in [0.5, 0.6) is 0 Å². The van der Waals surface area contributed by atoms with Crippen LogP contribution in [0, 0.1) is 0 Å². The highest BCUT2D eigenvalue weighted by Crippen LogP contribution is 2.42. The van der Waals surface area contributed by atoms with Crippen LogP contribution in [-0.4, -0.2) is 81.1 Å². The predicted molar refractivity (Wildman–Crippen MR) is 121 cm³/mol. The van der Waals surface area contributed by atoms with Crippen molar-refractivity contribution in [3.63, 3.8) is 0 Å². The Morgan fingerprint density at radius 1 is 1.26 bits per heavy atom. The molecule has 0 radical (unpaired) electrons. The molecule has 1 rings (SSSR count). The first-order valence-corrected chi connectivity index (χ1v) is 11.1. The third kappa shape index (κ3) is 6.65. The van der Waals surface area contributed by atoms with Gasteiger partial charge in [0.2, 0.25) is 5.91 Å². The standard InChI is InChI=1S/C23H43N3O5/c1-15-11-12-23(13-14-27,26(15)20(30)31-22(7,8)9)17(3)25(10)18(16(2)28)19(29)24-21(4,5)6/h14-18,28H,11-13H2,1-10H3,(H,24,29). The van der Waals surface area contributed by atoms with E-state index in [1.54, 1.807) is 23.8 Å². The zero-order chi connectivity index (χ0) is 24.4. The average Bonchev–Trinajstić information content (AvgIpc) is 2.88. The number of hydrogen-bond acceptors (Lipinski definition) is 6. The topological polar surface area (TPSA) is 99.2 Å². The smallest absolute Gasteiger partial charge is 0.411 e. The van der Waals surface area contributed by atoms with Gasteiger partial charge >= 0.3 is 6.09 Å². The van der Waals surface area contributed by atoms with Gasteiger partial charge in [0.15, 0.2) is 0 Å². The summed E-state index contributed by atoms with van der Waals surface area (Å²) in [5.74, 6) is -0.298. The van der Waals surface area contributed by atoms with E-state index >= 15 is 0 Å². The van der Waals surface area contributed by atoms with Gasteiger partial charge in [0.25, 0.3) is 0 Å². The molecular weight excluding hydrogens is 398 g/mol. The highest BCUT2D eigenvalue weighted by atomic mass is 16.6. The van der Waals surface area contributed by atoms with Crippen LogP contribution >= 0.6 is 0 Å². The molecule has 0 aromatic heterocycles. The van der Waals surface area contributed by atoms with E-state index in [9.17, 15) is 19.5 Å². The second kappa shape index (κ2) is 9.86. The van der Waals surface area contributed by atoms with E-state index in [1.807, 2.05) is 55.4 Å². The van der Waals surface area contributed by atoms with Crippen LogP contribution in [0.2, 0.25) is 0 Å². The molecule has 2 N–H and O–H groups in total. The van der Waals surface area contributed by atoms with E-state index in [0.29, 0.717) is 6.42 Å². The largest absolute Gasteiger partial charge is 0.444 e. The molecular formula is C23H43N3O5. The fraction of sp³-hybridized carbons (Fsp3) is 0.870. The summed E-state index contributed by atoms with van der Waals surface area (Å²) in [7, 11) is 1.76. The molecule has 31 heavy (non-hydrogen) atoms. The Balaban J connectivity index is 3.36. The molecule has 2 amide bonds. The normalized spacial score (nSPS) is 25.2. The van der Waals surface area contributed by atoms with E-state index in [0.717, 1.165) is 12.7 Å². The van der Waals surface area contributed by atoms with Crippen molar-refractivity contribution in [2.75, 3.05) is 7.05 Å². The van der Waals surface area contributed by atoms with Gasteiger partial charge in [-0.3, -0.25) is 14.6 Å². The first-order chi connectivity index (χ1) is 14.0. The Morgan fingerprint density at radius 3 is 2.23 bits per heavy atom. The number of aldehydes is 1. The van der Waals surface area contributed by atoms with Crippen LogP contribution in [0.25, 0.3) is 0 Å². The highest BCUT2D eigenvalue weighted by molar-refractivity contribution is 5.83. The van der Waals surface area contributed by atoms with Gasteiger partial charge in [0.05, 0.1) is 11.6 Å². The van der Waals surface area contributed by atoms with Crippen LogP contribution in [0.4, 0.5) is 4.79 Å². The van der Waals surface area contributed by atoms with Crippen molar-refractivity contribution < 1.29 is 24.2 Å². The maximum Gasteiger partial charge on any atom is 0.411 e. The fourth-order valence-electron chi connectivity index (χ4n) is 4.55. The third-order valence-corrected chi connectivity index (χ3v) is 5.99. The number of rotatable bonds is 7. The maximum atomic E-state index is 13.2. The molecule has 0 bridgehead atoms. The van der Waals surface area contributed by atoms with Gasteiger partial charge < -0.3 is 20.0 Å². The highest BCUT2D eigenvalue weighted by Gasteiger charge is 2.54. The van der Waals surface area contributed by atoms with Gasteiger partial charge in [-0.2, -0.15) is 0 Å². The number of carbonyl (C=O) groups is 3. The molecule has 0 aromatic carbocycles. The van der Waals surface area contributed by atoms with E-state index in [-0.39, 0.29) is 24.4 Å². The summed E-state index contributed by atoms with van der Waals surface area (Å²) in [5.41, 5.74) is -1.97. The molecule has 180 valence electrons. The summed E-state index contributed by atoms with van der Waals surface area (Å²) in [5, 5.41) is 13.4. The van der Waals surface area contributed by atoms with Gasteiger partial charge in [-0.15, -0.1) is 0 Å². The van der Waals surface area contributed by atoms with Gasteiger partial charge in [0, 0.05) is 24.0 Å². The minimum absolute atomic E-state index is 0.112. The Bertz CT molecular complexity index is 653. The van der Waals surface area contributed by atoms with Crippen LogP contribution < -0.4 is 5.32 Å². The molecule has 0 spiro atoms. The van der Waals surface area contributed by atoms with Crippen molar-refractivity contribution in [1.29, 1.82) is 0 Å². The lowest BCUT2D eigenvalue weighted by Crippen LogP contribution is -2.66. The summed E-state index contributed by atoms with van der Waals surface area (Å²) in [4.78, 5) is 41.4. The van der Waals surface area contributed by atoms with Crippen molar-refractivity contribution in [3.8, 4) is 0 Å². The zero-order valence-electron chi connectivity index (χ0n) is 21.0. The number of nitrogens with one attached hydrogen (secondary N) is 1. The molecule has 1 saturated heterocycles. The number of hydrogen-bond donors (Lipinski definition) is 2. The first kappa shape index (κ1) is 27.4. The van der Waals surface area contributed by atoms with E-state index < -0.39 is 34.9 Å². The zero-order valence-corrected chi connectivity index (χ0v) is 21.0. The molecule has 8 heteroatoms. The van der Waals surface area contributed by atoms with E-state index in [4.69, 9.17) is 4.74 Å². The Labute approximate surface area is 187 Å². The summed E-state index contributed by atoms with van der Waals surface area (Å²) in [6.45, 7) is 16.5. The van der Waals surface area contributed by atoms with Crippen LogP contribution in [0.3, 0.4) is 0 Å². The average molecular weight is 442 g/mol. The molecule has 1 heterocycles. The molecule has 8 nitrogen and oxygen atoms in total. The molecule has 1 aliphatic rings. The minimum atomic E-state index is -0.947. The molecule has 1 aliphatic heterocycles. The molecule has 1 fully saturated rings. The summed E-state index contributed by atoms with van der Waals surface area (Å²) >= 11 is 0. The van der Waals surface area contributed by atoms with Gasteiger partial charge in [-0.05, 0) is 82.2 Å². The number of likely N-dealkylation sites (tertiary alicyclic amines) is 1. The number of aliphatic hydroxyl groups excluding tert-OH is 1. The fourth-order valence-corrected chi connectivity index (χ4v) is 4.55. The number of aliphatic hydroxyl groups is 1. The summed E-state index contributed by atoms with van der Waals surface area (Å²) in [6, 6.07) is -1.34. The number of amides is 2.